The second-order valence-electron chi connectivity index (χ2n) is 2.71. The summed E-state index contributed by atoms with van der Waals surface area (Å²) in [7, 11) is 0. The molecule has 0 saturated heterocycles. The number of hydrogen-bond acceptors (Lipinski definition) is 3. The molecule has 1 rings (SSSR count). The van der Waals surface area contributed by atoms with Crippen LogP contribution in [0.15, 0.2) is 22.7 Å². The fraction of sp³-hybridized carbons (Fsp3) is 0.222. The molecule has 0 aliphatic carbocycles. The number of halogens is 1. The molecule has 0 atom stereocenters. The molecule has 0 radical (unpaired) electrons. The van der Waals surface area contributed by atoms with E-state index in [4.69, 9.17) is 10.8 Å². The van der Waals surface area contributed by atoms with Crippen LogP contribution in [0.2, 0.25) is 0 Å². The van der Waals surface area contributed by atoms with E-state index in [1.165, 1.54) is 0 Å². The molecular formula is C9H11BrN2O2. The van der Waals surface area contributed by atoms with Crippen molar-refractivity contribution in [3.8, 4) is 0 Å². The van der Waals surface area contributed by atoms with Crippen LogP contribution in [-0.4, -0.2) is 24.2 Å². The third-order valence-electron chi connectivity index (χ3n) is 1.67. The Balaban J connectivity index is 2.97. The van der Waals surface area contributed by atoms with Gasteiger partial charge < -0.3 is 16.2 Å². The minimum Gasteiger partial charge on any atom is -0.478 e. The van der Waals surface area contributed by atoms with Crippen LogP contribution in [0.3, 0.4) is 0 Å². The summed E-state index contributed by atoms with van der Waals surface area (Å²) in [6.45, 7) is 1.02. The van der Waals surface area contributed by atoms with E-state index >= 15 is 0 Å². The number of nitrogens with one attached hydrogen (secondary N) is 1. The van der Waals surface area contributed by atoms with Crippen LogP contribution in [0.4, 0.5) is 5.69 Å². The first kappa shape index (κ1) is 11.0. The second-order valence-corrected chi connectivity index (χ2v) is 3.63. The zero-order chi connectivity index (χ0) is 10.6. The standard InChI is InChI=1S/C9H11BrN2O2/c10-6-1-2-7(9(13)14)8(5-6)12-4-3-11/h1-2,5,12H,3-4,11H2,(H,13,14). The summed E-state index contributed by atoms with van der Waals surface area (Å²) in [5.41, 5.74) is 6.15. The smallest absolute Gasteiger partial charge is 0.337 e. The van der Waals surface area contributed by atoms with Crippen molar-refractivity contribution in [2.75, 3.05) is 18.4 Å². The van der Waals surface area contributed by atoms with Crippen molar-refractivity contribution < 1.29 is 9.90 Å². The lowest BCUT2D eigenvalue weighted by Crippen LogP contribution is -2.15. The number of benzene rings is 1. The molecule has 5 heteroatoms. The van der Waals surface area contributed by atoms with Crippen molar-refractivity contribution in [1.29, 1.82) is 0 Å². The topological polar surface area (TPSA) is 75.3 Å². The molecule has 1 aromatic rings. The van der Waals surface area contributed by atoms with Gasteiger partial charge in [-0.25, -0.2) is 4.79 Å². The number of nitrogens with two attached hydrogens (primary N) is 1. The van der Waals surface area contributed by atoms with Gasteiger partial charge in [-0.3, -0.25) is 0 Å². The van der Waals surface area contributed by atoms with E-state index in [2.05, 4.69) is 21.2 Å². The first-order chi connectivity index (χ1) is 6.65. The number of anilines is 1. The summed E-state index contributed by atoms with van der Waals surface area (Å²) in [6.07, 6.45) is 0. The molecule has 0 bridgehead atoms. The molecule has 0 heterocycles. The Morgan fingerprint density at radius 1 is 1.57 bits per heavy atom. The molecule has 76 valence electrons. The van der Waals surface area contributed by atoms with E-state index in [9.17, 15) is 4.79 Å². The van der Waals surface area contributed by atoms with Gasteiger partial charge in [-0.05, 0) is 18.2 Å². The number of carbonyl (C=O) groups is 1. The molecule has 0 amide bonds. The third kappa shape index (κ3) is 2.71. The Bertz CT molecular complexity index is 342. The number of rotatable bonds is 4. The van der Waals surface area contributed by atoms with E-state index in [1.54, 1.807) is 18.2 Å². The molecular weight excluding hydrogens is 248 g/mol. The Kier molecular flexibility index (Phi) is 3.91. The van der Waals surface area contributed by atoms with Crippen molar-refractivity contribution in [2.24, 2.45) is 5.73 Å². The predicted octanol–water partition coefficient (Wildman–Crippen LogP) is 1.52. The van der Waals surface area contributed by atoms with Gasteiger partial charge in [0.1, 0.15) is 0 Å². The lowest BCUT2D eigenvalue weighted by molar-refractivity contribution is 0.0698. The van der Waals surface area contributed by atoms with Crippen LogP contribution in [0.25, 0.3) is 0 Å². The maximum Gasteiger partial charge on any atom is 0.337 e. The van der Waals surface area contributed by atoms with Crippen LogP contribution >= 0.6 is 15.9 Å². The van der Waals surface area contributed by atoms with Gasteiger partial charge in [0.2, 0.25) is 0 Å². The fourth-order valence-electron chi connectivity index (χ4n) is 1.06. The van der Waals surface area contributed by atoms with E-state index in [0.29, 0.717) is 18.8 Å². The average Bonchev–Trinajstić information content (AvgIpc) is 2.14. The van der Waals surface area contributed by atoms with E-state index in [-0.39, 0.29) is 5.56 Å². The molecule has 0 aliphatic rings. The second kappa shape index (κ2) is 4.97. The SMILES string of the molecule is NCCNc1cc(Br)ccc1C(=O)O. The minimum absolute atomic E-state index is 0.252. The Hall–Kier alpha value is -1.07. The Morgan fingerprint density at radius 3 is 2.86 bits per heavy atom. The van der Waals surface area contributed by atoms with Crippen molar-refractivity contribution in [2.45, 2.75) is 0 Å². The fourth-order valence-corrected chi connectivity index (χ4v) is 1.42. The van der Waals surface area contributed by atoms with E-state index in [0.717, 1.165) is 4.47 Å². The largest absolute Gasteiger partial charge is 0.478 e. The molecule has 4 N–H and O–H groups in total. The molecule has 0 aromatic heterocycles. The van der Waals surface area contributed by atoms with Crippen LogP contribution in [0.1, 0.15) is 10.4 Å². The van der Waals surface area contributed by atoms with Gasteiger partial charge in [-0.2, -0.15) is 0 Å². The average molecular weight is 259 g/mol. The number of carboxylic acids is 1. The summed E-state index contributed by atoms with van der Waals surface area (Å²) in [6, 6.07) is 4.96. The molecule has 0 spiro atoms. The summed E-state index contributed by atoms with van der Waals surface area (Å²) >= 11 is 3.27. The summed E-state index contributed by atoms with van der Waals surface area (Å²) < 4.78 is 0.835. The Labute approximate surface area is 90.2 Å². The monoisotopic (exact) mass is 258 g/mol. The van der Waals surface area contributed by atoms with Gasteiger partial charge in [0, 0.05) is 23.2 Å². The molecule has 0 saturated carbocycles. The van der Waals surface area contributed by atoms with Gasteiger partial charge >= 0.3 is 5.97 Å². The zero-order valence-electron chi connectivity index (χ0n) is 7.46. The first-order valence-corrected chi connectivity index (χ1v) is 4.91. The molecule has 0 fully saturated rings. The van der Waals surface area contributed by atoms with Crippen LogP contribution in [0.5, 0.6) is 0 Å². The number of hydrogen-bond donors (Lipinski definition) is 3. The van der Waals surface area contributed by atoms with Gasteiger partial charge in [0.25, 0.3) is 0 Å². The highest BCUT2D eigenvalue weighted by Crippen LogP contribution is 2.21. The van der Waals surface area contributed by atoms with Gasteiger partial charge in [0.15, 0.2) is 0 Å². The van der Waals surface area contributed by atoms with Crippen molar-refractivity contribution in [3.63, 3.8) is 0 Å². The molecule has 14 heavy (non-hydrogen) atoms. The summed E-state index contributed by atoms with van der Waals surface area (Å²) in [5, 5.41) is 11.8. The van der Waals surface area contributed by atoms with Crippen LogP contribution in [0, 0.1) is 0 Å². The highest BCUT2D eigenvalue weighted by atomic mass is 79.9. The summed E-state index contributed by atoms with van der Waals surface area (Å²) in [5.74, 6) is -0.947. The Morgan fingerprint density at radius 2 is 2.29 bits per heavy atom. The lowest BCUT2D eigenvalue weighted by atomic mass is 10.2. The van der Waals surface area contributed by atoms with Gasteiger partial charge in [-0.1, -0.05) is 15.9 Å². The maximum atomic E-state index is 10.8. The highest BCUT2D eigenvalue weighted by Gasteiger charge is 2.09. The van der Waals surface area contributed by atoms with Crippen molar-refractivity contribution in [3.05, 3.63) is 28.2 Å². The third-order valence-corrected chi connectivity index (χ3v) is 2.17. The highest BCUT2D eigenvalue weighted by molar-refractivity contribution is 9.10. The van der Waals surface area contributed by atoms with Crippen molar-refractivity contribution >= 4 is 27.6 Å². The van der Waals surface area contributed by atoms with Gasteiger partial charge in [0.05, 0.1) is 5.56 Å². The molecule has 1 aromatic carbocycles. The van der Waals surface area contributed by atoms with Crippen molar-refractivity contribution in [1.82, 2.24) is 0 Å². The molecule has 4 nitrogen and oxygen atoms in total. The summed E-state index contributed by atoms with van der Waals surface area (Å²) in [4.78, 5) is 10.8. The van der Waals surface area contributed by atoms with E-state index in [1.807, 2.05) is 0 Å². The van der Waals surface area contributed by atoms with E-state index < -0.39 is 5.97 Å². The number of carboxylic acid groups (broad SMARTS) is 1. The molecule has 0 aliphatic heterocycles. The van der Waals surface area contributed by atoms with Crippen LogP contribution in [-0.2, 0) is 0 Å². The minimum atomic E-state index is -0.947. The zero-order valence-corrected chi connectivity index (χ0v) is 9.04. The molecule has 0 unspecified atom stereocenters. The normalized spacial score (nSPS) is 9.86. The first-order valence-electron chi connectivity index (χ1n) is 4.12. The van der Waals surface area contributed by atoms with Gasteiger partial charge in [-0.15, -0.1) is 0 Å². The van der Waals surface area contributed by atoms with Crippen LogP contribution < -0.4 is 11.1 Å². The lowest BCUT2D eigenvalue weighted by Gasteiger charge is -2.08. The quantitative estimate of drug-likeness (QED) is 0.766. The number of aromatic carboxylic acids is 1. The maximum absolute atomic E-state index is 10.8. The predicted molar refractivity (Wildman–Crippen MR) is 58.6 cm³/mol.